The first-order valence-corrected chi connectivity index (χ1v) is 10.7. The number of rotatable bonds is 3. The van der Waals surface area contributed by atoms with Gasteiger partial charge in [0.05, 0.1) is 28.2 Å². The SMILES string of the molecule is N#Cc1ccc(S(=O)(=O)N2CCC[C@H](c3nnc4cnc5[nH]ccc5n34)C2)cc1. The van der Waals surface area contributed by atoms with Crippen LogP contribution in [0.3, 0.4) is 0 Å². The zero-order valence-electron chi connectivity index (χ0n) is 15.4. The Labute approximate surface area is 166 Å². The van der Waals surface area contributed by atoms with E-state index in [1.165, 1.54) is 28.6 Å². The molecule has 4 aromatic rings. The first kappa shape index (κ1) is 17.8. The van der Waals surface area contributed by atoms with Gasteiger partial charge in [0.25, 0.3) is 0 Å². The molecule has 1 atom stereocenters. The van der Waals surface area contributed by atoms with Crippen LogP contribution in [0.25, 0.3) is 16.8 Å². The second-order valence-electron chi connectivity index (χ2n) is 7.06. The number of hydrogen-bond acceptors (Lipinski definition) is 6. The standard InChI is InChI=1S/C19H17N7O2S/c20-10-13-3-5-15(6-4-13)29(27,28)25-9-1-2-14(12-25)19-24-23-17-11-22-18-16(26(17)19)7-8-21-18/h3-8,11,14,21H,1-2,9,12H2/t14-/m0/s1. The lowest BCUT2D eigenvalue weighted by Gasteiger charge is -2.31. The fraction of sp³-hybridized carbons (Fsp3) is 0.263. The summed E-state index contributed by atoms with van der Waals surface area (Å²) in [7, 11) is -3.65. The second-order valence-corrected chi connectivity index (χ2v) is 9.00. The minimum atomic E-state index is -3.65. The van der Waals surface area contributed by atoms with Gasteiger partial charge in [0.1, 0.15) is 5.82 Å². The number of aromatic amines is 1. The Balaban J connectivity index is 1.50. The van der Waals surface area contributed by atoms with Crippen molar-refractivity contribution < 1.29 is 8.42 Å². The summed E-state index contributed by atoms with van der Waals surface area (Å²) in [6.45, 7) is 0.786. The van der Waals surface area contributed by atoms with Gasteiger partial charge in [0.15, 0.2) is 11.3 Å². The largest absolute Gasteiger partial charge is 0.345 e. The molecule has 1 aliphatic rings. The monoisotopic (exact) mass is 407 g/mol. The molecule has 9 nitrogen and oxygen atoms in total. The molecule has 0 aliphatic carbocycles. The Morgan fingerprint density at radius 2 is 2.00 bits per heavy atom. The Hall–Kier alpha value is -3.29. The van der Waals surface area contributed by atoms with Crippen molar-refractivity contribution in [2.24, 2.45) is 0 Å². The lowest BCUT2D eigenvalue weighted by Crippen LogP contribution is -2.39. The van der Waals surface area contributed by atoms with Crippen molar-refractivity contribution in [3.8, 4) is 6.07 Å². The molecule has 3 aromatic heterocycles. The molecule has 0 saturated carbocycles. The molecule has 1 N–H and O–H groups in total. The van der Waals surface area contributed by atoms with Crippen molar-refractivity contribution in [2.75, 3.05) is 13.1 Å². The van der Waals surface area contributed by atoms with Crippen molar-refractivity contribution in [3.05, 3.63) is 54.1 Å². The van der Waals surface area contributed by atoms with Crippen molar-refractivity contribution >= 4 is 26.8 Å². The van der Waals surface area contributed by atoms with Gasteiger partial charge in [-0.15, -0.1) is 10.2 Å². The molecule has 5 rings (SSSR count). The smallest absolute Gasteiger partial charge is 0.243 e. The Kier molecular flexibility index (Phi) is 4.08. The minimum Gasteiger partial charge on any atom is -0.345 e. The van der Waals surface area contributed by atoms with Crippen LogP contribution in [-0.2, 0) is 10.0 Å². The predicted molar refractivity (Wildman–Crippen MR) is 105 cm³/mol. The number of piperidine rings is 1. The molecule has 4 heterocycles. The molecule has 0 bridgehead atoms. The molecule has 0 amide bonds. The average molecular weight is 407 g/mol. The van der Waals surface area contributed by atoms with E-state index in [-0.39, 0.29) is 10.8 Å². The number of fused-ring (bicyclic) bond motifs is 3. The molecule has 0 radical (unpaired) electrons. The van der Waals surface area contributed by atoms with Gasteiger partial charge in [-0.3, -0.25) is 4.40 Å². The highest BCUT2D eigenvalue weighted by Crippen LogP contribution is 2.30. The third-order valence-electron chi connectivity index (χ3n) is 5.34. The van der Waals surface area contributed by atoms with Gasteiger partial charge in [-0.1, -0.05) is 0 Å². The lowest BCUT2D eigenvalue weighted by atomic mass is 9.99. The predicted octanol–water partition coefficient (Wildman–Crippen LogP) is 2.05. The molecule has 146 valence electrons. The molecule has 0 spiro atoms. The van der Waals surface area contributed by atoms with Gasteiger partial charge in [-0.2, -0.15) is 9.57 Å². The zero-order valence-corrected chi connectivity index (χ0v) is 16.2. The summed E-state index contributed by atoms with van der Waals surface area (Å²) in [6.07, 6.45) is 5.03. The molecular weight excluding hydrogens is 390 g/mol. The quantitative estimate of drug-likeness (QED) is 0.555. The van der Waals surface area contributed by atoms with E-state index in [1.807, 2.05) is 22.7 Å². The van der Waals surface area contributed by atoms with Crippen LogP contribution < -0.4 is 0 Å². The highest BCUT2D eigenvalue weighted by atomic mass is 32.2. The summed E-state index contributed by atoms with van der Waals surface area (Å²) < 4.78 is 29.7. The molecule has 10 heteroatoms. The highest BCUT2D eigenvalue weighted by Gasteiger charge is 2.33. The van der Waals surface area contributed by atoms with Crippen molar-refractivity contribution in [2.45, 2.75) is 23.7 Å². The topological polar surface area (TPSA) is 120 Å². The van der Waals surface area contributed by atoms with Crippen LogP contribution in [0, 0.1) is 11.3 Å². The highest BCUT2D eigenvalue weighted by molar-refractivity contribution is 7.89. The maximum Gasteiger partial charge on any atom is 0.243 e. The van der Waals surface area contributed by atoms with Crippen LogP contribution in [0.5, 0.6) is 0 Å². The molecule has 1 fully saturated rings. The zero-order chi connectivity index (χ0) is 20.0. The number of nitrogens with one attached hydrogen (secondary N) is 1. The Morgan fingerprint density at radius 3 is 2.79 bits per heavy atom. The van der Waals surface area contributed by atoms with E-state index in [4.69, 9.17) is 5.26 Å². The number of aromatic nitrogens is 5. The Morgan fingerprint density at radius 1 is 1.17 bits per heavy atom. The van der Waals surface area contributed by atoms with Crippen molar-refractivity contribution in [1.82, 2.24) is 28.9 Å². The first-order valence-electron chi connectivity index (χ1n) is 9.25. The maximum absolute atomic E-state index is 13.1. The number of benzene rings is 1. The van der Waals surface area contributed by atoms with Gasteiger partial charge in [-0.25, -0.2) is 13.4 Å². The van der Waals surface area contributed by atoms with E-state index in [2.05, 4.69) is 20.2 Å². The maximum atomic E-state index is 13.1. The number of hydrogen-bond donors (Lipinski definition) is 1. The average Bonchev–Trinajstić information content (AvgIpc) is 3.40. The molecular formula is C19H17N7O2S. The van der Waals surface area contributed by atoms with E-state index >= 15 is 0 Å². The third-order valence-corrected chi connectivity index (χ3v) is 7.22. The Bertz CT molecular complexity index is 1350. The third kappa shape index (κ3) is 2.86. The van der Waals surface area contributed by atoms with E-state index in [0.29, 0.717) is 24.3 Å². The molecule has 1 aliphatic heterocycles. The summed E-state index contributed by atoms with van der Waals surface area (Å²) in [5, 5.41) is 17.5. The normalized spacial score (nSPS) is 18.2. The van der Waals surface area contributed by atoms with E-state index in [0.717, 1.165) is 29.8 Å². The van der Waals surface area contributed by atoms with Gasteiger partial charge < -0.3 is 4.98 Å². The van der Waals surface area contributed by atoms with Crippen LogP contribution in [0.1, 0.15) is 30.1 Å². The number of H-pyrrole nitrogens is 1. The van der Waals surface area contributed by atoms with Crippen molar-refractivity contribution in [1.29, 1.82) is 5.26 Å². The van der Waals surface area contributed by atoms with Crippen LogP contribution in [-0.4, -0.2) is 50.4 Å². The second kappa shape index (κ2) is 6.65. The summed E-state index contributed by atoms with van der Waals surface area (Å²) in [6, 6.07) is 9.94. The van der Waals surface area contributed by atoms with Crippen molar-refractivity contribution in [3.63, 3.8) is 0 Å². The number of sulfonamides is 1. The summed E-state index contributed by atoms with van der Waals surface area (Å²) >= 11 is 0. The lowest BCUT2D eigenvalue weighted by molar-refractivity contribution is 0.308. The first-order chi connectivity index (χ1) is 14.1. The molecule has 1 aromatic carbocycles. The fourth-order valence-corrected chi connectivity index (χ4v) is 5.41. The van der Waals surface area contributed by atoms with Crippen LogP contribution >= 0.6 is 0 Å². The van der Waals surface area contributed by atoms with Gasteiger partial charge in [-0.05, 0) is 43.2 Å². The van der Waals surface area contributed by atoms with Gasteiger partial charge >= 0.3 is 0 Å². The van der Waals surface area contributed by atoms with E-state index in [9.17, 15) is 8.42 Å². The summed E-state index contributed by atoms with van der Waals surface area (Å²) in [5.74, 6) is 0.666. The van der Waals surface area contributed by atoms with Crippen LogP contribution in [0.4, 0.5) is 0 Å². The van der Waals surface area contributed by atoms with E-state index in [1.54, 1.807) is 6.20 Å². The minimum absolute atomic E-state index is 0.0765. The van der Waals surface area contributed by atoms with Gasteiger partial charge in [0.2, 0.25) is 10.0 Å². The number of nitrogens with zero attached hydrogens (tertiary/aromatic N) is 6. The number of nitriles is 1. The van der Waals surface area contributed by atoms with E-state index < -0.39 is 10.0 Å². The van der Waals surface area contributed by atoms with Gasteiger partial charge in [0, 0.05) is 25.2 Å². The molecule has 0 unspecified atom stereocenters. The summed E-state index contributed by atoms with van der Waals surface area (Å²) in [4.78, 5) is 7.60. The molecule has 29 heavy (non-hydrogen) atoms. The van der Waals surface area contributed by atoms with Crippen LogP contribution in [0.15, 0.2) is 47.6 Å². The fourth-order valence-electron chi connectivity index (χ4n) is 3.88. The molecule has 1 saturated heterocycles. The summed E-state index contributed by atoms with van der Waals surface area (Å²) in [5.41, 5.74) is 2.67. The van der Waals surface area contributed by atoms with Crippen LogP contribution in [0.2, 0.25) is 0 Å².